The molecule has 0 amide bonds. The molecule has 0 aliphatic carbocycles. The van der Waals surface area contributed by atoms with Crippen LogP contribution in [0.2, 0.25) is 5.02 Å². The van der Waals surface area contributed by atoms with E-state index in [1.54, 1.807) is 26.3 Å². The van der Waals surface area contributed by atoms with Crippen molar-refractivity contribution in [3.63, 3.8) is 0 Å². The van der Waals surface area contributed by atoms with Crippen molar-refractivity contribution in [2.24, 2.45) is 0 Å². The highest BCUT2D eigenvalue weighted by Gasteiger charge is 2.20. The molecular weight excluding hydrogens is 288 g/mol. The van der Waals surface area contributed by atoms with Gasteiger partial charge in [-0.2, -0.15) is 0 Å². The van der Waals surface area contributed by atoms with Crippen LogP contribution in [0.5, 0.6) is 5.75 Å². The Kier molecular flexibility index (Phi) is 3.57. The van der Waals surface area contributed by atoms with E-state index in [9.17, 15) is 5.11 Å². The number of halogens is 1. The van der Waals surface area contributed by atoms with E-state index in [4.69, 9.17) is 16.3 Å². The largest absolute Gasteiger partial charge is 0.496 e. The Morgan fingerprint density at radius 2 is 2.00 bits per heavy atom. The summed E-state index contributed by atoms with van der Waals surface area (Å²) in [5, 5.41) is 10.8. The molecule has 3 aromatic rings. The smallest absolute Gasteiger partial charge is 0.137 e. The molecule has 0 saturated heterocycles. The molecule has 2 aromatic heterocycles. The van der Waals surface area contributed by atoms with Gasteiger partial charge in [-0.25, -0.2) is 4.98 Å². The summed E-state index contributed by atoms with van der Waals surface area (Å²) in [6, 6.07) is 11.2. The van der Waals surface area contributed by atoms with Crippen molar-refractivity contribution in [3.05, 3.63) is 53.3 Å². The first-order valence-corrected chi connectivity index (χ1v) is 6.98. The molecule has 1 unspecified atom stereocenters. The molecule has 108 valence electrons. The number of rotatable bonds is 3. The van der Waals surface area contributed by atoms with Gasteiger partial charge < -0.3 is 9.84 Å². The molecule has 5 heteroatoms. The number of hydrogen-bond donors (Lipinski definition) is 1. The van der Waals surface area contributed by atoms with Crippen molar-refractivity contribution in [2.45, 2.75) is 13.0 Å². The van der Waals surface area contributed by atoms with Crippen molar-refractivity contribution >= 4 is 17.2 Å². The zero-order chi connectivity index (χ0) is 15.0. The molecule has 0 aliphatic rings. The van der Waals surface area contributed by atoms with Crippen LogP contribution in [0, 0.1) is 0 Å². The molecule has 21 heavy (non-hydrogen) atoms. The van der Waals surface area contributed by atoms with Crippen LogP contribution in [0.3, 0.4) is 0 Å². The molecule has 1 atom stereocenters. The maximum absolute atomic E-state index is 10.2. The highest BCUT2D eigenvalue weighted by atomic mass is 35.5. The van der Waals surface area contributed by atoms with Crippen LogP contribution in [-0.4, -0.2) is 21.6 Å². The van der Waals surface area contributed by atoms with Gasteiger partial charge in [0, 0.05) is 11.8 Å². The van der Waals surface area contributed by atoms with Gasteiger partial charge in [0.25, 0.3) is 0 Å². The number of benzene rings is 1. The van der Waals surface area contributed by atoms with Crippen molar-refractivity contribution < 1.29 is 9.84 Å². The summed E-state index contributed by atoms with van der Waals surface area (Å²) in [5.74, 6) is 0.717. The van der Waals surface area contributed by atoms with E-state index in [1.165, 1.54) is 0 Å². The SMILES string of the molecule is COc1ccccc1-c1nc2ccc(Cl)cn2c1C(C)O. The van der Waals surface area contributed by atoms with E-state index in [2.05, 4.69) is 4.98 Å². The van der Waals surface area contributed by atoms with Crippen molar-refractivity contribution in [2.75, 3.05) is 7.11 Å². The number of pyridine rings is 1. The summed E-state index contributed by atoms with van der Waals surface area (Å²) in [6.07, 6.45) is 1.07. The van der Waals surface area contributed by atoms with E-state index in [0.717, 1.165) is 11.2 Å². The second-order valence-corrected chi connectivity index (χ2v) is 5.23. The van der Waals surface area contributed by atoms with Gasteiger partial charge in [-0.1, -0.05) is 23.7 Å². The summed E-state index contributed by atoms with van der Waals surface area (Å²) in [4.78, 5) is 4.62. The lowest BCUT2D eigenvalue weighted by molar-refractivity contribution is 0.194. The van der Waals surface area contributed by atoms with Crippen molar-refractivity contribution in [1.29, 1.82) is 0 Å². The van der Waals surface area contributed by atoms with E-state index in [1.807, 2.05) is 34.7 Å². The van der Waals surface area contributed by atoms with E-state index >= 15 is 0 Å². The fraction of sp³-hybridized carbons (Fsp3) is 0.188. The fourth-order valence-electron chi connectivity index (χ4n) is 2.47. The van der Waals surface area contributed by atoms with Crippen LogP contribution in [0.25, 0.3) is 16.9 Å². The Morgan fingerprint density at radius 3 is 2.71 bits per heavy atom. The predicted octanol–water partition coefficient (Wildman–Crippen LogP) is 3.72. The van der Waals surface area contributed by atoms with E-state index in [0.29, 0.717) is 22.2 Å². The monoisotopic (exact) mass is 302 g/mol. The fourth-order valence-corrected chi connectivity index (χ4v) is 2.64. The molecule has 1 aromatic carbocycles. The molecule has 2 heterocycles. The normalized spacial score (nSPS) is 12.6. The Bertz CT molecular complexity index is 796. The van der Waals surface area contributed by atoms with E-state index < -0.39 is 6.10 Å². The predicted molar refractivity (Wildman–Crippen MR) is 82.8 cm³/mol. The molecule has 0 saturated carbocycles. The molecule has 0 aliphatic heterocycles. The quantitative estimate of drug-likeness (QED) is 0.802. The summed E-state index contributed by atoms with van der Waals surface area (Å²) in [6.45, 7) is 1.71. The van der Waals surface area contributed by atoms with Gasteiger partial charge >= 0.3 is 0 Å². The van der Waals surface area contributed by atoms with Gasteiger partial charge in [0.05, 0.1) is 29.6 Å². The van der Waals surface area contributed by atoms with Gasteiger partial charge in [0.2, 0.25) is 0 Å². The molecule has 4 nitrogen and oxygen atoms in total. The minimum atomic E-state index is -0.682. The second-order valence-electron chi connectivity index (χ2n) is 4.80. The molecule has 3 rings (SSSR count). The maximum Gasteiger partial charge on any atom is 0.137 e. The molecule has 0 spiro atoms. The summed E-state index contributed by atoms with van der Waals surface area (Å²) < 4.78 is 7.21. The Morgan fingerprint density at radius 1 is 1.24 bits per heavy atom. The topological polar surface area (TPSA) is 46.8 Å². The zero-order valence-corrected chi connectivity index (χ0v) is 12.5. The van der Waals surface area contributed by atoms with Crippen LogP contribution in [0.4, 0.5) is 0 Å². The second kappa shape index (κ2) is 5.39. The number of imidazole rings is 1. The number of aliphatic hydroxyl groups is 1. The first kappa shape index (κ1) is 13.9. The minimum absolute atomic E-state index is 0.591. The van der Waals surface area contributed by atoms with Crippen molar-refractivity contribution in [1.82, 2.24) is 9.38 Å². The average Bonchev–Trinajstić information content (AvgIpc) is 2.85. The van der Waals surface area contributed by atoms with Gasteiger partial charge in [-0.15, -0.1) is 0 Å². The van der Waals surface area contributed by atoms with Crippen LogP contribution in [-0.2, 0) is 0 Å². The third-order valence-corrected chi connectivity index (χ3v) is 3.60. The van der Waals surface area contributed by atoms with Crippen LogP contribution in [0.15, 0.2) is 42.6 Å². The number of aromatic nitrogens is 2. The van der Waals surface area contributed by atoms with Gasteiger partial charge in [0.15, 0.2) is 0 Å². The van der Waals surface area contributed by atoms with Crippen LogP contribution < -0.4 is 4.74 Å². The lowest BCUT2D eigenvalue weighted by Crippen LogP contribution is -2.00. The van der Waals surface area contributed by atoms with Gasteiger partial charge in [0.1, 0.15) is 11.4 Å². The summed E-state index contributed by atoms with van der Waals surface area (Å²) in [7, 11) is 1.62. The number of para-hydroxylation sites is 1. The van der Waals surface area contributed by atoms with Crippen LogP contribution in [0.1, 0.15) is 18.7 Å². The number of nitrogens with zero attached hydrogens (tertiary/aromatic N) is 2. The third kappa shape index (κ3) is 2.37. The Balaban J connectivity index is 2.34. The third-order valence-electron chi connectivity index (χ3n) is 3.38. The first-order valence-electron chi connectivity index (χ1n) is 6.60. The lowest BCUT2D eigenvalue weighted by atomic mass is 10.1. The molecule has 0 bridgehead atoms. The van der Waals surface area contributed by atoms with Gasteiger partial charge in [-0.05, 0) is 31.2 Å². The van der Waals surface area contributed by atoms with E-state index in [-0.39, 0.29) is 0 Å². The van der Waals surface area contributed by atoms with Crippen LogP contribution >= 0.6 is 11.6 Å². The van der Waals surface area contributed by atoms with Gasteiger partial charge in [-0.3, -0.25) is 4.40 Å². The number of aliphatic hydroxyl groups excluding tert-OH is 1. The zero-order valence-electron chi connectivity index (χ0n) is 11.7. The number of ether oxygens (including phenoxy) is 1. The molecule has 1 N–H and O–H groups in total. The Hall–Kier alpha value is -2.04. The standard InChI is InChI=1S/C16H15ClN2O2/c1-10(20)16-15(12-5-3-4-6-13(12)21-2)18-14-8-7-11(17)9-19(14)16/h3-10,20H,1-2H3. The lowest BCUT2D eigenvalue weighted by Gasteiger charge is -2.10. The summed E-state index contributed by atoms with van der Waals surface area (Å²) >= 11 is 6.05. The van der Waals surface area contributed by atoms with Crippen molar-refractivity contribution in [3.8, 4) is 17.0 Å². The average molecular weight is 303 g/mol. The summed E-state index contributed by atoms with van der Waals surface area (Å²) in [5.41, 5.74) is 2.97. The number of fused-ring (bicyclic) bond motifs is 1. The number of hydrogen-bond acceptors (Lipinski definition) is 3. The minimum Gasteiger partial charge on any atom is -0.496 e. The first-order chi connectivity index (χ1) is 10.1. The Labute approximate surface area is 127 Å². The number of methoxy groups -OCH3 is 1. The molecule has 0 radical (unpaired) electrons. The maximum atomic E-state index is 10.2. The highest BCUT2D eigenvalue weighted by Crippen LogP contribution is 2.35. The highest BCUT2D eigenvalue weighted by molar-refractivity contribution is 6.30. The molecule has 0 fully saturated rings. The molecular formula is C16H15ClN2O2.